The van der Waals surface area contributed by atoms with Crippen molar-refractivity contribution >= 4 is 0 Å². The maximum atomic E-state index is 5.87. The molecule has 96 valence electrons. The number of aryl methyl sites for hydroxylation is 3. The Labute approximate surface area is 107 Å². The van der Waals surface area contributed by atoms with Gasteiger partial charge in [-0.3, -0.25) is 0 Å². The van der Waals surface area contributed by atoms with Crippen LogP contribution in [0.25, 0.3) is 0 Å². The predicted molar refractivity (Wildman–Crippen MR) is 71.3 cm³/mol. The lowest BCUT2D eigenvalue weighted by Gasteiger charge is -2.13. The van der Waals surface area contributed by atoms with Crippen molar-refractivity contribution in [3.63, 3.8) is 0 Å². The Hall–Kier alpha value is -1.81. The molecule has 0 atom stereocenters. The van der Waals surface area contributed by atoms with Gasteiger partial charge in [-0.2, -0.15) is 0 Å². The van der Waals surface area contributed by atoms with Crippen LogP contribution in [0.3, 0.4) is 0 Å². The molecule has 2 rings (SSSR count). The van der Waals surface area contributed by atoms with Crippen LogP contribution in [0.1, 0.15) is 22.5 Å². The summed E-state index contributed by atoms with van der Waals surface area (Å²) in [6.45, 7) is 5.12. The van der Waals surface area contributed by atoms with Crippen LogP contribution in [-0.4, -0.2) is 9.55 Å². The lowest BCUT2D eigenvalue weighted by Crippen LogP contribution is -2.06. The summed E-state index contributed by atoms with van der Waals surface area (Å²) in [5.74, 6) is 1.84. The largest absolute Gasteiger partial charge is 0.485 e. The number of hydrogen-bond donors (Lipinski definition) is 1. The highest BCUT2D eigenvalue weighted by Gasteiger charge is 2.07. The standard InChI is InChI=1S/C14H19N3O/c1-10-6-12(8-15)7-11(2)14(10)18-9-13-16-4-5-17(13)3/h4-7H,8-9,15H2,1-3H3. The van der Waals surface area contributed by atoms with Gasteiger partial charge in [-0.05, 0) is 30.5 Å². The Morgan fingerprint density at radius 2 is 1.94 bits per heavy atom. The van der Waals surface area contributed by atoms with Crippen molar-refractivity contribution in [2.75, 3.05) is 0 Å². The minimum atomic E-state index is 0.479. The van der Waals surface area contributed by atoms with Crippen LogP contribution in [0.2, 0.25) is 0 Å². The Morgan fingerprint density at radius 1 is 1.28 bits per heavy atom. The molecule has 0 amide bonds. The van der Waals surface area contributed by atoms with Gasteiger partial charge in [-0.25, -0.2) is 4.98 Å². The molecule has 0 radical (unpaired) electrons. The smallest absolute Gasteiger partial charge is 0.146 e. The van der Waals surface area contributed by atoms with Gasteiger partial charge in [0, 0.05) is 26.0 Å². The third-order valence-corrected chi connectivity index (χ3v) is 3.02. The normalized spacial score (nSPS) is 10.7. The average molecular weight is 245 g/mol. The third kappa shape index (κ3) is 2.54. The SMILES string of the molecule is Cc1cc(CN)cc(C)c1OCc1nccn1C. The van der Waals surface area contributed by atoms with Crippen molar-refractivity contribution in [2.45, 2.75) is 27.0 Å². The van der Waals surface area contributed by atoms with Crippen molar-refractivity contribution in [1.82, 2.24) is 9.55 Å². The van der Waals surface area contributed by atoms with Gasteiger partial charge in [0.25, 0.3) is 0 Å². The molecule has 0 aliphatic rings. The molecule has 0 saturated carbocycles. The van der Waals surface area contributed by atoms with Gasteiger partial charge in [0.2, 0.25) is 0 Å². The van der Waals surface area contributed by atoms with Gasteiger partial charge in [-0.15, -0.1) is 0 Å². The number of imidazole rings is 1. The lowest BCUT2D eigenvalue weighted by atomic mass is 10.1. The molecular weight excluding hydrogens is 226 g/mol. The molecule has 1 aromatic heterocycles. The zero-order chi connectivity index (χ0) is 13.1. The molecule has 0 unspecified atom stereocenters. The summed E-state index contributed by atoms with van der Waals surface area (Å²) in [5.41, 5.74) is 9.02. The second kappa shape index (κ2) is 5.23. The first kappa shape index (κ1) is 12.6. The average Bonchev–Trinajstić information content (AvgIpc) is 2.73. The highest BCUT2D eigenvalue weighted by Crippen LogP contribution is 2.25. The molecule has 1 heterocycles. The van der Waals surface area contributed by atoms with E-state index >= 15 is 0 Å². The zero-order valence-electron chi connectivity index (χ0n) is 11.1. The van der Waals surface area contributed by atoms with Gasteiger partial charge in [-0.1, -0.05) is 12.1 Å². The van der Waals surface area contributed by atoms with Crippen LogP contribution in [0.5, 0.6) is 5.75 Å². The van der Waals surface area contributed by atoms with E-state index in [1.165, 1.54) is 0 Å². The van der Waals surface area contributed by atoms with Gasteiger partial charge in [0.15, 0.2) is 0 Å². The van der Waals surface area contributed by atoms with Crippen LogP contribution in [-0.2, 0) is 20.2 Å². The Kier molecular flexibility index (Phi) is 3.67. The maximum Gasteiger partial charge on any atom is 0.146 e. The highest BCUT2D eigenvalue weighted by atomic mass is 16.5. The van der Waals surface area contributed by atoms with Gasteiger partial charge < -0.3 is 15.0 Å². The van der Waals surface area contributed by atoms with E-state index in [1.807, 2.05) is 31.7 Å². The van der Waals surface area contributed by atoms with Crippen LogP contribution < -0.4 is 10.5 Å². The molecule has 0 aliphatic heterocycles. The molecule has 0 spiro atoms. The van der Waals surface area contributed by atoms with Crippen molar-refractivity contribution in [3.8, 4) is 5.75 Å². The van der Waals surface area contributed by atoms with Gasteiger partial charge in [0.1, 0.15) is 18.2 Å². The highest BCUT2D eigenvalue weighted by molar-refractivity contribution is 5.43. The summed E-state index contributed by atoms with van der Waals surface area (Å²) < 4.78 is 7.83. The van der Waals surface area contributed by atoms with Crippen LogP contribution in [0, 0.1) is 13.8 Å². The number of hydrogen-bond acceptors (Lipinski definition) is 3. The first-order chi connectivity index (χ1) is 8.61. The number of nitrogens with zero attached hydrogens (tertiary/aromatic N) is 2. The number of rotatable bonds is 4. The second-order valence-corrected chi connectivity index (χ2v) is 4.51. The minimum absolute atomic E-state index is 0.479. The van der Waals surface area contributed by atoms with Crippen molar-refractivity contribution in [3.05, 3.63) is 47.0 Å². The molecule has 0 fully saturated rings. The fourth-order valence-electron chi connectivity index (χ4n) is 2.06. The monoisotopic (exact) mass is 245 g/mol. The van der Waals surface area contributed by atoms with Gasteiger partial charge >= 0.3 is 0 Å². The van der Waals surface area contributed by atoms with Crippen molar-refractivity contribution in [1.29, 1.82) is 0 Å². The third-order valence-electron chi connectivity index (χ3n) is 3.02. The quantitative estimate of drug-likeness (QED) is 0.897. The molecule has 18 heavy (non-hydrogen) atoms. The van der Waals surface area contributed by atoms with Crippen molar-refractivity contribution in [2.24, 2.45) is 12.8 Å². The van der Waals surface area contributed by atoms with E-state index in [2.05, 4.69) is 17.1 Å². The summed E-state index contributed by atoms with van der Waals surface area (Å²) in [7, 11) is 1.96. The van der Waals surface area contributed by atoms with Crippen LogP contribution >= 0.6 is 0 Å². The first-order valence-electron chi connectivity index (χ1n) is 6.01. The molecule has 4 nitrogen and oxygen atoms in total. The molecule has 1 aromatic carbocycles. The number of ether oxygens (including phenoxy) is 1. The predicted octanol–water partition coefficient (Wildman–Crippen LogP) is 2.07. The summed E-state index contributed by atoms with van der Waals surface area (Å²) in [6.07, 6.45) is 3.69. The number of benzene rings is 1. The van der Waals surface area contributed by atoms with E-state index in [9.17, 15) is 0 Å². The van der Waals surface area contributed by atoms with Crippen LogP contribution in [0.15, 0.2) is 24.5 Å². The Bertz CT molecular complexity index is 523. The molecule has 2 N–H and O–H groups in total. The van der Waals surface area contributed by atoms with E-state index in [0.717, 1.165) is 28.3 Å². The molecular formula is C14H19N3O. The Morgan fingerprint density at radius 3 is 2.44 bits per heavy atom. The fraction of sp³-hybridized carbons (Fsp3) is 0.357. The summed E-state index contributed by atoms with van der Waals surface area (Å²) in [4.78, 5) is 4.24. The lowest BCUT2D eigenvalue weighted by molar-refractivity contribution is 0.288. The van der Waals surface area contributed by atoms with Crippen molar-refractivity contribution < 1.29 is 4.74 Å². The minimum Gasteiger partial charge on any atom is -0.485 e. The molecule has 4 heteroatoms. The number of aromatic nitrogens is 2. The van der Waals surface area contributed by atoms with Crippen LogP contribution in [0.4, 0.5) is 0 Å². The van der Waals surface area contributed by atoms with E-state index < -0.39 is 0 Å². The summed E-state index contributed by atoms with van der Waals surface area (Å²) in [5, 5.41) is 0. The van der Waals surface area contributed by atoms with E-state index in [4.69, 9.17) is 10.5 Å². The topological polar surface area (TPSA) is 53.1 Å². The maximum absolute atomic E-state index is 5.87. The Balaban J connectivity index is 2.17. The number of nitrogens with two attached hydrogens (primary N) is 1. The summed E-state index contributed by atoms with van der Waals surface area (Å²) in [6, 6.07) is 4.14. The second-order valence-electron chi connectivity index (χ2n) is 4.51. The van der Waals surface area contributed by atoms with E-state index in [-0.39, 0.29) is 0 Å². The summed E-state index contributed by atoms with van der Waals surface area (Å²) >= 11 is 0. The van der Waals surface area contributed by atoms with E-state index in [1.54, 1.807) is 6.20 Å². The fourth-order valence-corrected chi connectivity index (χ4v) is 2.06. The van der Waals surface area contributed by atoms with E-state index in [0.29, 0.717) is 13.2 Å². The molecule has 2 aromatic rings. The molecule has 0 saturated heterocycles. The molecule has 0 aliphatic carbocycles. The van der Waals surface area contributed by atoms with Gasteiger partial charge in [0.05, 0.1) is 0 Å². The first-order valence-corrected chi connectivity index (χ1v) is 6.01. The molecule has 0 bridgehead atoms. The zero-order valence-corrected chi connectivity index (χ0v) is 11.1.